The predicted octanol–water partition coefficient (Wildman–Crippen LogP) is 1.71. The van der Waals surface area contributed by atoms with E-state index in [1.165, 1.54) is 12.8 Å². The van der Waals surface area contributed by atoms with Gasteiger partial charge < -0.3 is 15.0 Å². The van der Waals surface area contributed by atoms with Crippen LogP contribution in [-0.4, -0.2) is 30.4 Å². The molecular formula is C12H23N3O2. The number of hydrogen-bond acceptors (Lipinski definition) is 5. The lowest BCUT2D eigenvalue weighted by Crippen LogP contribution is -1.98. The van der Waals surface area contributed by atoms with Crippen molar-refractivity contribution in [3.05, 3.63) is 11.7 Å². The zero-order chi connectivity index (χ0) is 12.3. The second-order valence-electron chi connectivity index (χ2n) is 4.15. The van der Waals surface area contributed by atoms with Gasteiger partial charge in [-0.25, -0.2) is 0 Å². The van der Waals surface area contributed by atoms with Crippen molar-refractivity contribution in [1.82, 2.24) is 10.1 Å². The van der Waals surface area contributed by atoms with E-state index < -0.39 is 0 Å². The topological polar surface area (TPSA) is 74.2 Å². The van der Waals surface area contributed by atoms with E-state index in [2.05, 4.69) is 10.1 Å². The first kappa shape index (κ1) is 14.1. The summed E-state index contributed by atoms with van der Waals surface area (Å²) in [4.78, 5) is 4.34. The molecule has 0 aliphatic carbocycles. The Morgan fingerprint density at radius 2 is 1.94 bits per heavy atom. The van der Waals surface area contributed by atoms with E-state index in [9.17, 15) is 0 Å². The summed E-state index contributed by atoms with van der Waals surface area (Å²) in [6.45, 7) is 1.52. The van der Waals surface area contributed by atoms with Gasteiger partial charge in [0.05, 0.1) is 0 Å². The molecular weight excluding hydrogens is 218 g/mol. The molecule has 0 saturated carbocycles. The highest BCUT2D eigenvalue weighted by molar-refractivity contribution is 4.86. The third-order valence-corrected chi connectivity index (χ3v) is 2.60. The SMILES string of the molecule is COCCCc1noc(CCCCCCN)n1. The van der Waals surface area contributed by atoms with Crippen molar-refractivity contribution in [2.45, 2.75) is 44.9 Å². The predicted molar refractivity (Wildman–Crippen MR) is 65.7 cm³/mol. The zero-order valence-electron chi connectivity index (χ0n) is 10.7. The molecule has 1 aromatic rings. The quantitative estimate of drug-likeness (QED) is 0.631. The fourth-order valence-electron chi connectivity index (χ4n) is 1.64. The number of hydrogen-bond donors (Lipinski definition) is 1. The Kier molecular flexibility index (Phi) is 7.58. The smallest absolute Gasteiger partial charge is 0.226 e. The van der Waals surface area contributed by atoms with Gasteiger partial charge in [0.1, 0.15) is 0 Å². The Hall–Kier alpha value is -0.940. The molecule has 0 aromatic carbocycles. The van der Waals surface area contributed by atoms with E-state index >= 15 is 0 Å². The van der Waals surface area contributed by atoms with Crippen LogP contribution in [0.3, 0.4) is 0 Å². The van der Waals surface area contributed by atoms with Crippen LogP contribution in [0.25, 0.3) is 0 Å². The fraction of sp³-hybridized carbons (Fsp3) is 0.833. The molecule has 0 aliphatic rings. The fourth-order valence-corrected chi connectivity index (χ4v) is 1.64. The Balaban J connectivity index is 2.12. The van der Waals surface area contributed by atoms with Crippen LogP contribution in [0.4, 0.5) is 0 Å². The normalized spacial score (nSPS) is 10.9. The number of methoxy groups -OCH3 is 1. The largest absolute Gasteiger partial charge is 0.385 e. The molecule has 0 radical (unpaired) electrons. The molecule has 0 bridgehead atoms. The van der Waals surface area contributed by atoms with Crippen molar-refractivity contribution >= 4 is 0 Å². The van der Waals surface area contributed by atoms with Crippen molar-refractivity contribution in [3.8, 4) is 0 Å². The molecule has 0 unspecified atom stereocenters. The van der Waals surface area contributed by atoms with Gasteiger partial charge in [-0.05, 0) is 25.8 Å². The maximum atomic E-state index is 5.43. The Morgan fingerprint density at radius 1 is 1.12 bits per heavy atom. The lowest BCUT2D eigenvalue weighted by Gasteiger charge is -1.96. The second kappa shape index (κ2) is 9.13. The highest BCUT2D eigenvalue weighted by Crippen LogP contribution is 2.07. The van der Waals surface area contributed by atoms with E-state index in [1.807, 2.05) is 0 Å². The number of nitrogens with two attached hydrogens (primary N) is 1. The number of rotatable bonds is 10. The van der Waals surface area contributed by atoms with Crippen molar-refractivity contribution < 1.29 is 9.26 Å². The van der Waals surface area contributed by atoms with Gasteiger partial charge in [0, 0.05) is 26.6 Å². The first-order chi connectivity index (χ1) is 8.36. The maximum absolute atomic E-state index is 5.43. The molecule has 2 N–H and O–H groups in total. The molecule has 0 saturated heterocycles. The third-order valence-electron chi connectivity index (χ3n) is 2.60. The molecule has 5 heteroatoms. The summed E-state index contributed by atoms with van der Waals surface area (Å²) in [6.07, 6.45) is 7.20. The van der Waals surface area contributed by atoms with Gasteiger partial charge in [-0.15, -0.1) is 0 Å². The molecule has 0 atom stereocenters. The minimum absolute atomic E-state index is 0.739. The van der Waals surface area contributed by atoms with E-state index in [0.29, 0.717) is 0 Å². The van der Waals surface area contributed by atoms with Gasteiger partial charge in [0.15, 0.2) is 5.82 Å². The van der Waals surface area contributed by atoms with Crippen LogP contribution >= 0.6 is 0 Å². The molecule has 0 fully saturated rings. The van der Waals surface area contributed by atoms with Gasteiger partial charge in [-0.2, -0.15) is 4.98 Å². The third kappa shape index (κ3) is 6.38. The number of ether oxygens (including phenoxy) is 1. The number of nitrogens with zero attached hydrogens (tertiary/aromatic N) is 2. The van der Waals surface area contributed by atoms with Crippen LogP contribution in [0.1, 0.15) is 43.8 Å². The summed E-state index contributed by atoms with van der Waals surface area (Å²) in [6, 6.07) is 0. The highest BCUT2D eigenvalue weighted by Gasteiger charge is 2.05. The molecule has 5 nitrogen and oxygen atoms in total. The first-order valence-electron chi connectivity index (χ1n) is 6.37. The van der Waals surface area contributed by atoms with Crippen LogP contribution in [-0.2, 0) is 17.6 Å². The first-order valence-corrected chi connectivity index (χ1v) is 6.37. The van der Waals surface area contributed by atoms with Gasteiger partial charge >= 0.3 is 0 Å². The number of unbranched alkanes of at least 4 members (excludes halogenated alkanes) is 3. The van der Waals surface area contributed by atoms with Crippen molar-refractivity contribution in [2.75, 3.05) is 20.3 Å². The molecule has 1 aromatic heterocycles. The molecule has 0 spiro atoms. The van der Waals surface area contributed by atoms with E-state index in [0.717, 1.165) is 57.0 Å². The van der Waals surface area contributed by atoms with Crippen LogP contribution in [0.5, 0.6) is 0 Å². The van der Waals surface area contributed by atoms with Crippen LogP contribution < -0.4 is 5.73 Å². The second-order valence-corrected chi connectivity index (χ2v) is 4.15. The average Bonchev–Trinajstić information content (AvgIpc) is 2.77. The zero-order valence-corrected chi connectivity index (χ0v) is 10.7. The minimum atomic E-state index is 0.739. The Labute approximate surface area is 103 Å². The monoisotopic (exact) mass is 241 g/mol. The van der Waals surface area contributed by atoms with E-state index in [4.69, 9.17) is 15.0 Å². The average molecular weight is 241 g/mol. The van der Waals surface area contributed by atoms with E-state index in [-0.39, 0.29) is 0 Å². The van der Waals surface area contributed by atoms with Crippen molar-refractivity contribution in [3.63, 3.8) is 0 Å². The molecule has 0 amide bonds. The van der Waals surface area contributed by atoms with Gasteiger partial charge in [-0.1, -0.05) is 18.0 Å². The summed E-state index contributed by atoms with van der Waals surface area (Å²) in [7, 11) is 1.70. The Morgan fingerprint density at radius 3 is 2.71 bits per heavy atom. The van der Waals surface area contributed by atoms with Crippen LogP contribution in [0.2, 0.25) is 0 Å². The summed E-state index contributed by atoms with van der Waals surface area (Å²) >= 11 is 0. The standard InChI is InChI=1S/C12H23N3O2/c1-16-10-6-7-11-14-12(17-15-11)8-4-2-3-5-9-13/h2-10,13H2,1H3. The lowest BCUT2D eigenvalue weighted by atomic mass is 10.1. The molecule has 1 heterocycles. The number of aromatic nitrogens is 2. The summed E-state index contributed by atoms with van der Waals surface area (Å²) < 4.78 is 10.2. The Bertz CT molecular complexity index is 289. The summed E-state index contributed by atoms with van der Waals surface area (Å²) in [5, 5.41) is 3.94. The summed E-state index contributed by atoms with van der Waals surface area (Å²) in [5.74, 6) is 1.55. The summed E-state index contributed by atoms with van der Waals surface area (Å²) in [5.41, 5.74) is 5.43. The van der Waals surface area contributed by atoms with E-state index in [1.54, 1.807) is 7.11 Å². The lowest BCUT2D eigenvalue weighted by molar-refractivity contribution is 0.194. The van der Waals surface area contributed by atoms with Crippen molar-refractivity contribution in [1.29, 1.82) is 0 Å². The molecule has 98 valence electrons. The molecule has 1 rings (SSSR count). The van der Waals surface area contributed by atoms with Crippen LogP contribution in [0.15, 0.2) is 4.52 Å². The maximum Gasteiger partial charge on any atom is 0.226 e. The molecule has 17 heavy (non-hydrogen) atoms. The number of aryl methyl sites for hydroxylation is 2. The van der Waals surface area contributed by atoms with Crippen molar-refractivity contribution in [2.24, 2.45) is 5.73 Å². The highest BCUT2D eigenvalue weighted by atomic mass is 16.5. The van der Waals surface area contributed by atoms with Gasteiger partial charge in [0.25, 0.3) is 0 Å². The van der Waals surface area contributed by atoms with Crippen LogP contribution in [0, 0.1) is 0 Å². The van der Waals surface area contributed by atoms with Gasteiger partial charge in [-0.3, -0.25) is 0 Å². The molecule has 0 aliphatic heterocycles. The van der Waals surface area contributed by atoms with Gasteiger partial charge in [0.2, 0.25) is 5.89 Å². The minimum Gasteiger partial charge on any atom is -0.385 e.